The molecule has 4 nitrogen and oxygen atoms in total. The predicted octanol–water partition coefficient (Wildman–Crippen LogP) is 1.21. The van der Waals surface area contributed by atoms with Crippen molar-refractivity contribution in [1.82, 2.24) is 4.98 Å². The van der Waals surface area contributed by atoms with Crippen molar-refractivity contribution in [2.24, 2.45) is 0 Å². The van der Waals surface area contributed by atoms with E-state index in [2.05, 4.69) is 4.98 Å². The average molecular weight is 180 g/mol. The Hall–Kier alpha value is -1.45. The number of rotatable bonds is 3. The average Bonchev–Trinajstić information content (AvgIpc) is 2.92. The fraction of sp³-hybridized carbons (Fsp3) is 0.444. The highest BCUT2D eigenvalue weighted by atomic mass is 16.5. The minimum Gasteiger partial charge on any atom is -0.479 e. The van der Waals surface area contributed by atoms with Gasteiger partial charge in [0.25, 0.3) is 0 Å². The lowest BCUT2D eigenvalue weighted by atomic mass is 10.4. The van der Waals surface area contributed by atoms with Crippen molar-refractivity contribution in [3.63, 3.8) is 0 Å². The van der Waals surface area contributed by atoms with Crippen molar-refractivity contribution in [2.75, 3.05) is 12.8 Å². The van der Waals surface area contributed by atoms with Gasteiger partial charge in [-0.25, -0.2) is 0 Å². The first-order chi connectivity index (χ1) is 6.29. The summed E-state index contributed by atoms with van der Waals surface area (Å²) in [5.74, 6) is 1.02. The number of hydrogen-bond acceptors (Lipinski definition) is 4. The van der Waals surface area contributed by atoms with E-state index in [0.29, 0.717) is 23.6 Å². The molecule has 1 saturated carbocycles. The van der Waals surface area contributed by atoms with Gasteiger partial charge in [-0.1, -0.05) is 0 Å². The normalized spacial score (nSPS) is 15.5. The third-order valence-corrected chi connectivity index (χ3v) is 1.87. The Morgan fingerprint density at radius 2 is 2.23 bits per heavy atom. The molecule has 2 rings (SSSR count). The maximum Gasteiger partial charge on any atom is 0.240 e. The van der Waals surface area contributed by atoms with Gasteiger partial charge in [-0.15, -0.1) is 0 Å². The highest BCUT2D eigenvalue weighted by Crippen LogP contribution is 2.28. The van der Waals surface area contributed by atoms with E-state index >= 15 is 0 Å². The SMILES string of the molecule is COc1nc(OC2CC2)ccc1N. The van der Waals surface area contributed by atoms with Crippen LogP contribution in [0.25, 0.3) is 0 Å². The molecule has 0 radical (unpaired) electrons. The van der Waals surface area contributed by atoms with E-state index in [9.17, 15) is 0 Å². The number of anilines is 1. The minimum absolute atomic E-state index is 0.348. The van der Waals surface area contributed by atoms with Crippen LogP contribution < -0.4 is 15.2 Å². The molecule has 4 heteroatoms. The summed E-state index contributed by atoms with van der Waals surface area (Å²) in [6.45, 7) is 0. The van der Waals surface area contributed by atoms with Crippen LogP contribution >= 0.6 is 0 Å². The molecule has 0 atom stereocenters. The first-order valence-electron chi connectivity index (χ1n) is 4.27. The Kier molecular flexibility index (Phi) is 1.96. The second-order valence-corrected chi connectivity index (χ2v) is 3.07. The number of aromatic nitrogens is 1. The number of ether oxygens (including phenoxy) is 2. The zero-order chi connectivity index (χ0) is 9.26. The van der Waals surface area contributed by atoms with Crippen LogP contribution in [0.3, 0.4) is 0 Å². The lowest BCUT2D eigenvalue weighted by Crippen LogP contribution is -2.01. The molecule has 1 heterocycles. The lowest BCUT2D eigenvalue weighted by Gasteiger charge is -2.06. The Labute approximate surface area is 76.7 Å². The number of pyridine rings is 1. The number of nitrogen functional groups attached to an aromatic ring is 1. The van der Waals surface area contributed by atoms with Gasteiger partial charge in [-0.3, -0.25) is 0 Å². The van der Waals surface area contributed by atoms with Gasteiger partial charge in [0.05, 0.1) is 12.8 Å². The van der Waals surface area contributed by atoms with E-state index < -0.39 is 0 Å². The Morgan fingerprint density at radius 3 is 2.85 bits per heavy atom. The van der Waals surface area contributed by atoms with E-state index in [1.807, 2.05) is 0 Å². The van der Waals surface area contributed by atoms with Crippen LogP contribution in [-0.2, 0) is 0 Å². The van der Waals surface area contributed by atoms with E-state index in [-0.39, 0.29) is 0 Å². The molecule has 1 fully saturated rings. The Morgan fingerprint density at radius 1 is 1.46 bits per heavy atom. The number of hydrogen-bond donors (Lipinski definition) is 1. The molecule has 0 saturated heterocycles. The van der Waals surface area contributed by atoms with Gasteiger partial charge in [-0.05, 0) is 18.9 Å². The van der Waals surface area contributed by atoms with Crippen LogP contribution in [0.5, 0.6) is 11.8 Å². The van der Waals surface area contributed by atoms with E-state index in [1.165, 1.54) is 0 Å². The monoisotopic (exact) mass is 180 g/mol. The minimum atomic E-state index is 0.348. The topological polar surface area (TPSA) is 57.4 Å². The van der Waals surface area contributed by atoms with Crippen molar-refractivity contribution in [3.8, 4) is 11.8 Å². The van der Waals surface area contributed by atoms with Crippen molar-refractivity contribution in [1.29, 1.82) is 0 Å². The van der Waals surface area contributed by atoms with Crippen LogP contribution in [0.2, 0.25) is 0 Å². The van der Waals surface area contributed by atoms with E-state index in [1.54, 1.807) is 19.2 Å². The fourth-order valence-electron chi connectivity index (χ4n) is 1.02. The highest BCUT2D eigenvalue weighted by molar-refractivity contribution is 5.49. The van der Waals surface area contributed by atoms with Crippen molar-refractivity contribution >= 4 is 5.69 Å². The van der Waals surface area contributed by atoms with Crippen molar-refractivity contribution in [3.05, 3.63) is 12.1 Å². The van der Waals surface area contributed by atoms with Gasteiger partial charge in [0.1, 0.15) is 6.10 Å². The molecule has 2 N–H and O–H groups in total. The summed E-state index contributed by atoms with van der Waals surface area (Å²) >= 11 is 0. The molecule has 0 spiro atoms. The summed E-state index contributed by atoms with van der Waals surface area (Å²) in [4.78, 5) is 4.10. The maximum atomic E-state index is 5.60. The zero-order valence-corrected chi connectivity index (χ0v) is 7.49. The summed E-state index contributed by atoms with van der Waals surface area (Å²) in [5.41, 5.74) is 6.14. The molecule has 0 aromatic carbocycles. The molecule has 1 aliphatic rings. The first kappa shape index (κ1) is 8.16. The largest absolute Gasteiger partial charge is 0.479 e. The molecule has 0 amide bonds. The summed E-state index contributed by atoms with van der Waals surface area (Å²) in [6.07, 6.45) is 2.59. The standard InChI is InChI=1S/C9H12N2O2/c1-12-9-7(10)4-5-8(11-9)13-6-2-3-6/h4-6H,2-3,10H2,1H3. The maximum absolute atomic E-state index is 5.60. The predicted molar refractivity (Wildman–Crippen MR) is 48.9 cm³/mol. The molecule has 0 bridgehead atoms. The smallest absolute Gasteiger partial charge is 0.240 e. The van der Waals surface area contributed by atoms with Crippen LogP contribution in [0, 0.1) is 0 Å². The van der Waals surface area contributed by atoms with Crippen LogP contribution in [0.4, 0.5) is 5.69 Å². The van der Waals surface area contributed by atoms with Crippen molar-refractivity contribution in [2.45, 2.75) is 18.9 Å². The van der Waals surface area contributed by atoms with Crippen LogP contribution in [-0.4, -0.2) is 18.2 Å². The molecule has 0 unspecified atom stereocenters. The van der Waals surface area contributed by atoms with Crippen molar-refractivity contribution < 1.29 is 9.47 Å². The third-order valence-electron chi connectivity index (χ3n) is 1.87. The molecular weight excluding hydrogens is 168 g/mol. The molecule has 0 aliphatic heterocycles. The van der Waals surface area contributed by atoms with Gasteiger partial charge < -0.3 is 15.2 Å². The van der Waals surface area contributed by atoms with Crippen LogP contribution in [0.1, 0.15) is 12.8 Å². The van der Waals surface area contributed by atoms with E-state index in [0.717, 1.165) is 12.8 Å². The number of nitrogens with two attached hydrogens (primary N) is 1. The fourth-order valence-corrected chi connectivity index (χ4v) is 1.02. The number of methoxy groups -OCH3 is 1. The molecule has 13 heavy (non-hydrogen) atoms. The van der Waals surface area contributed by atoms with Crippen LogP contribution in [0.15, 0.2) is 12.1 Å². The number of nitrogens with zero attached hydrogens (tertiary/aromatic N) is 1. The second kappa shape index (κ2) is 3.12. The Bertz CT molecular complexity index is 310. The molecular formula is C9H12N2O2. The third kappa shape index (κ3) is 1.83. The summed E-state index contributed by atoms with van der Waals surface area (Å²) in [6, 6.07) is 3.50. The summed E-state index contributed by atoms with van der Waals surface area (Å²) in [5, 5.41) is 0. The molecule has 70 valence electrons. The highest BCUT2D eigenvalue weighted by Gasteiger charge is 2.24. The zero-order valence-electron chi connectivity index (χ0n) is 7.49. The second-order valence-electron chi connectivity index (χ2n) is 3.07. The van der Waals surface area contributed by atoms with Gasteiger partial charge >= 0.3 is 0 Å². The molecule has 1 aromatic heterocycles. The summed E-state index contributed by atoms with van der Waals surface area (Å²) < 4.78 is 10.4. The Balaban J connectivity index is 2.16. The van der Waals surface area contributed by atoms with Gasteiger partial charge in [-0.2, -0.15) is 4.98 Å². The first-order valence-corrected chi connectivity index (χ1v) is 4.27. The molecule has 1 aromatic rings. The molecule has 1 aliphatic carbocycles. The summed E-state index contributed by atoms with van der Waals surface area (Å²) in [7, 11) is 1.54. The van der Waals surface area contributed by atoms with Gasteiger partial charge in [0, 0.05) is 6.07 Å². The lowest BCUT2D eigenvalue weighted by molar-refractivity contribution is 0.285. The quantitative estimate of drug-likeness (QED) is 0.759. The van der Waals surface area contributed by atoms with Gasteiger partial charge in [0.2, 0.25) is 11.8 Å². The van der Waals surface area contributed by atoms with E-state index in [4.69, 9.17) is 15.2 Å². The van der Waals surface area contributed by atoms with Gasteiger partial charge in [0.15, 0.2) is 0 Å².